The maximum atomic E-state index is 10.8. The van der Waals surface area contributed by atoms with Gasteiger partial charge in [0.15, 0.2) is 5.69 Å². The van der Waals surface area contributed by atoms with Crippen molar-refractivity contribution in [1.29, 1.82) is 0 Å². The van der Waals surface area contributed by atoms with Gasteiger partial charge in [0, 0.05) is 20.2 Å². The van der Waals surface area contributed by atoms with Gasteiger partial charge in [0.1, 0.15) is 5.82 Å². The molecule has 98 valence electrons. The summed E-state index contributed by atoms with van der Waals surface area (Å²) in [6, 6.07) is 0. The lowest BCUT2D eigenvalue weighted by Gasteiger charge is -2.27. The van der Waals surface area contributed by atoms with Gasteiger partial charge in [-0.05, 0) is 19.3 Å². The van der Waals surface area contributed by atoms with Crippen molar-refractivity contribution in [2.24, 2.45) is 0 Å². The highest BCUT2D eigenvalue weighted by Gasteiger charge is 2.17. The van der Waals surface area contributed by atoms with Crippen LogP contribution >= 0.6 is 0 Å². The van der Waals surface area contributed by atoms with Crippen LogP contribution in [0.2, 0.25) is 0 Å². The van der Waals surface area contributed by atoms with E-state index < -0.39 is 5.97 Å². The van der Waals surface area contributed by atoms with Crippen LogP contribution in [0.5, 0.6) is 0 Å². The Morgan fingerprint density at radius 3 is 3.06 bits per heavy atom. The number of aromatic carboxylic acids is 1. The highest BCUT2D eigenvalue weighted by Crippen LogP contribution is 2.16. The number of nitrogens with zero attached hydrogens (tertiary/aromatic N) is 3. The van der Waals surface area contributed by atoms with E-state index >= 15 is 0 Å². The number of hydrogen-bond acceptors (Lipinski definition) is 5. The first-order valence-electron chi connectivity index (χ1n) is 6.05. The summed E-state index contributed by atoms with van der Waals surface area (Å²) in [6.07, 6.45) is 6.34. The third kappa shape index (κ3) is 3.16. The molecule has 2 heterocycles. The van der Waals surface area contributed by atoms with E-state index in [1.54, 1.807) is 6.20 Å². The number of hydrogen-bond donors (Lipinski definition) is 1. The molecule has 1 unspecified atom stereocenters. The zero-order chi connectivity index (χ0) is 13.0. The summed E-state index contributed by atoms with van der Waals surface area (Å²) in [7, 11) is 1.87. The van der Waals surface area contributed by atoms with Gasteiger partial charge >= 0.3 is 5.97 Å². The molecule has 1 fully saturated rings. The van der Waals surface area contributed by atoms with Crippen molar-refractivity contribution in [1.82, 2.24) is 9.97 Å². The van der Waals surface area contributed by atoms with Crippen molar-refractivity contribution in [3.63, 3.8) is 0 Å². The molecule has 1 aromatic heterocycles. The van der Waals surface area contributed by atoms with Crippen LogP contribution in [0.15, 0.2) is 12.4 Å². The van der Waals surface area contributed by atoms with Crippen LogP contribution in [0.25, 0.3) is 0 Å². The second-order valence-electron chi connectivity index (χ2n) is 4.44. The molecule has 0 amide bonds. The fourth-order valence-electron chi connectivity index (χ4n) is 1.99. The standard InChI is InChI=1S/C12H17N3O3/c1-15(8-9-4-2-3-5-18-9)11-7-13-6-10(14-11)12(16)17/h6-7,9H,2-5,8H2,1H3,(H,16,17). The molecule has 0 bridgehead atoms. The Bertz CT molecular complexity index is 419. The zero-order valence-electron chi connectivity index (χ0n) is 10.4. The van der Waals surface area contributed by atoms with Crippen LogP contribution in [0.1, 0.15) is 29.8 Å². The van der Waals surface area contributed by atoms with Crippen molar-refractivity contribution in [3.8, 4) is 0 Å². The quantitative estimate of drug-likeness (QED) is 0.866. The molecular weight excluding hydrogens is 234 g/mol. The molecule has 1 atom stereocenters. The van der Waals surface area contributed by atoms with Crippen LogP contribution in [-0.4, -0.2) is 47.3 Å². The fourth-order valence-corrected chi connectivity index (χ4v) is 1.99. The Hall–Kier alpha value is -1.69. The van der Waals surface area contributed by atoms with Crippen LogP contribution in [0.4, 0.5) is 5.82 Å². The molecule has 0 aliphatic carbocycles. The molecule has 1 saturated heterocycles. The van der Waals surface area contributed by atoms with Crippen LogP contribution in [-0.2, 0) is 4.74 Å². The summed E-state index contributed by atoms with van der Waals surface area (Å²) < 4.78 is 5.64. The van der Waals surface area contributed by atoms with Crippen molar-refractivity contribution in [2.75, 3.05) is 25.1 Å². The van der Waals surface area contributed by atoms with Crippen molar-refractivity contribution in [3.05, 3.63) is 18.1 Å². The fraction of sp³-hybridized carbons (Fsp3) is 0.583. The SMILES string of the molecule is CN(CC1CCCCO1)c1cncc(C(=O)O)n1. The van der Waals surface area contributed by atoms with Gasteiger partial charge in [-0.1, -0.05) is 0 Å². The average molecular weight is 251 g/mol. The van der Waals surface area contributed by atoms with E-state index in [2.05, 4.69) is 9.97 Å². The summed E-state index contributed by atoms with van der Waals surface area (Å²) in [5.41, 5.74) is -0.0380. The van der Waals surface area contributed by atoms with Gasteiger partial charge in [-0.15, -0.1) is 0 Å². The number of carbonyl (C=O) groups is 1. The first-order chi connectivity index (χ1) is 8.66. The second-order valence-corrected chi connectivity index (χ2v) is 4.44. The van der Waals surface area contributed by atoms with Crippen molar-refractivity contribution >= 4 is 11.8 Å². The smallest absolute Gasteiger partial charge is 0.356 e. The number of aromatic nitrogens is 2. The molecule has 1 aliphatic heterocycles. The molecule has 0 radical (unpaired) electrons. The number of carboxylic acids is 1. The Balaban J connectivity index is 2.01. The topological polar surface area (TPSA) is 75.5 Å². The van der Waals surface area contributed by atoms with E-state index in [9.17, 15) is 4.79 Å². The van der Waals surface area contributed by atoms with Gasteiger partial charge in [0.25, 0.3) is 0 Å². The number of rotatable bonds is 4. The van der Waals surface area contributed by atoms with Gasteiger partial charge in [-0.25, -0.2) is 9.78 Å². The van der Waals surface area contributed by atoms with Crippen molar-refractivity contribution in [2.45, 2.75) is 25.4 Å². The van der Waals surface area contributed by atoms with E-state index in [0.29, 0.717) is 12.4 Å². The first-order valence-corrected chi connectivity index (χ1v) is 6.05. The van der Waals surface area contributed by atoms with Gasteiger partial charge in [-0.2, -0.15) is 0 Å². The highest BCUT2D eigenvalue weighted by molar-refractivity contribution is 5.85. The Morgan fingerprint density at radius 2 is 2.39 bits per heavy atom. The number of ether oxygens (including phenoxy) is 1. The Kier molecular flexibility index (Phi) is 4.09. The molecule has 1 N–H and O–H groups in total. The maximum Gasteiger partial charge on any atom is 0.356 e. The molecule has 1 aromatic rings. The summed E-state index contributed by atoms with van der Waals surface area (Å²) in [6.45, 7) is 1.51. The Morgan fingerprint density at radius 1 is 1.56 bits per heavy atom. The lowest BCUT2D eigenvalue weighted by molar-refractivity contribution is 0.0215. The van der Waals surface area contributed by atoms with E-state index in [4.69, 9.17) is 9.84 Å². The molecule has 6 heteroatoms. The molecule has 18 heavy (non-hydrogen) atoms. The van der Waals surface area contributed by atoms with E-state index in [1.165, 1.54) is 12.6 Å². The molecule has 0 aromatic carbocycles. The largest absolute Gasteiger partial charge is 0.476 e. The second kappa shape index (κ2) is 5.77. The van der Waals surface area contributed by atoms with E-state index in [0.717, 1.165) is 19.4 Å². The lowest BCUT2D eigenvalue weighted by Crippen LogP contribution is -2.34. The minimum atomic E-state index is -1.06. The maximum absolute atomic E-state index is 10.8. The van der Waals surface area contributed by atoms with Gasteiger partial charge in [0.2, 0.25) is 0 Å². The van der Waals surface area contributed by atoms with Gasteiger partial charge in [0.05, 0.1) is 18.5 Å². The number of likely N-dealkylation sites (N-methyl/N-ethyl adjacent to an activating group) is 1. The summed E-state index contributed by atoms with van der Waals surface area (Å²) in [5.74, 6) is -0.504. The van der Waals surface area contributed by atoms with Gasteiger partial charge in [-0.3, -0.25) is 4.98 Å². The average Bonchev–Trinajstić information content (AvgIpc) is 2.40. The van der Waals surface area contributed by atoms with Crippen LogP contribution in [0, 0.1) is 0 Å². The molecule has 6 nitrogen and oxygen atoms in total. The van der Waals surface area contributed by atoms with Crippen molar-refractivity contribution < 1.29 is 14.6 Å². The zero-order valence-corrected chi connectivity index (χ0v) is 10.4. The predicted molar refractivity (Wildman–Crippen MR) is 65.9 cm³/mol. The molecule has 0 spiro atoms. The summed E-state index contributed by atoms with van der Waals surface area (Å²) >= 11 is 0. The molecular formula is C12H17N3O3. The molecule has 1 aliphatic rings. The number of anilines is 1. The predicted octanol–water partition coefficient (Wildman–Crippen LogP) is 1.18. The number of carboxylic acid groups (broad SMARTS) is 1. The third-order valence-electron chi connectivity index (χ3n) is 2.98. The normalized spacial score (nSPS) is 19.5. The monoisotopic (exact) mass is 251 g/mol. The summed E-state index contributed by atoms with van der Waals surface area (Å²) in [5, 5.41) is 8.87. The van der Waals surface area contributed by atoms with Crippen LogP contribution in [0.3, 0.4) is 0 Å². The summed E-state index contributed by atoms with van der Waals surface area (Å²) in [4.78, 5) is 20.6. The van der Waals surface area contributed by atoms with E-state index in [-0.39, 0.29) is 11.8 Å². The van der Waals surface area contributed by atoms with E-state index in [1.807, 2.05) is 11.9 Å². The van der Waals surface area contributed by atoms with Gasteiger partial charge < -0.3 is 14.7 Å². The highest BCUT2D eigenvalue weighted by atomic mass is 16.5. The van der Waals surface area contributed by atoms with Crippen LogP contribution < -0.4 is 4.90 Å². The molecule has 0 saturated carbocycles. The molecule has 2 rings (SSSR count). The first kappa shape index (κ1) is 12.8. The third-order valence-corrected chi connectivity index (χ3v) is 2.98. The lowest BCUT2D eigenvalue weighted by atomic mass is 10.1. The minimum absolute atomic E-state index is 0.0380. The minimum Gasteiger partial charge on any atom is -0.476 e. The Labute approximate surface area is 106 Å².